The lowest BCUT2D eigenvalue weighted by molar-refractivity contribution is -0.133. The number of halogens is 1. The summed E-state index contributed by atoms with van der Waals surface area (Å²) >= 11 is 0. The molecule has 0 spiro atoms. The molecule has 5 heteroatoms. The van der Waals surface area contributed by atoms with Crippen molar-refractivity contribution in [1.82, 2.24) is 4.90 Å². The minimum Gasteiger partial charge on any atom is -0.376 e. The van der Waals surface area contributed by atoms with Crippen LogP contribution < -0.4 is 5.73 Å². The van der Waals surface area contributed by atoms with Crippen LogP contribution in [0.3, 0.4) is 0 Å². The molecule has 1 amide bonds. The number of nitrogens with zero attached hydrogens (tertiary/aromatic N) is 1. The van der Waals surface area contributed by atoms with Gasteiger partial charge in [-0.15, -0.1) is 12.4 Å². The lowest BCUT2D eigenvalue weighted by Gasteiger charge is -2.31. The SMILES string of the molecule is CN(CC1CCCCO1)C(=O)CC1CCCCC1N.Cl. The van der Waals surface area contributed by atoms with Gasteiger partial charge in [0.15, 0.2) is 0 Å². The number of amides is 1. The zero-order chi connectivity index (χ0) is 13.7. The van der Waals surface area contributed by atoms with Crippen LogP contribution in [-0.4, -0.2) is 43.2 Å². The fraction of sp³-hybridized carbons (Fsp3) is 0.933. The van der Waals surface area contributed by atoms with Gasteiger partial charge < -0.3 is 15.4 Å². The van der Waals surface area contributed by atoms with Crippen molar-refractivity contribution in [2.24, 2.45) is 11.7 Å². The Morgan fingerprint density at radius 3 is 2.55 bits per heavy atom. The van der Waals surface area contributed by atoms with Gasteiger partial charge in [0, 0.05) is 32.7 Å². The highest BCUT2D eigenvalue weighted by Crippen LogP contribution is 2.26. The van der Waals surface area contributed by atoms with Crippen molar-refractivity contribution < 1.29 is 9.53 Å². The third kappa shape index (κ3) is 5.23. The Morgan fingerprint density at radius 2 is 1.90 bits per heavy atom. The molecule has 2 aliphatic rings. The van der Waals surface area contributed by atoms with Gasteiger partial charge in [-0.2, -0.15) is 0 Å². The molecule has 1 aliphatic heterocycles. The summed E-state index contributed by atoms with van der Waals surface area (Å²) in [6.07, 6.45) is 8.95. The first kappa shape index (κ1) is 17.7. The largest absolute Gasteiger partial charge is 0.376 e. The summed E-state index contributed by atoms with van der Waals surface area (Å²) in [5.41, 5.74) is 6.12. The van der Waals surface area contributed by atoms with Gasteiger partial charge in [-0.1, -0.05) is 12.8 Å². The summed E-state index contributed by atoms with van der Waals surface area (Å²) in [7, 11) is 1.90. The molecule has 2 fully saturated rings. The molecule has 2 rings (SSSR count). The Hall–Kier alpha value is -0.320. The fourth-order valence-electron chi connectivity index (χ4n) is 3.23. The summed E-state index contributed by atoms with van der Waals surface area (Å²) in [5.74, 6) is 0.618. The number of ether oxygens (including phenoxy) is 1. The monoisotopic (exact) mass is 304 g/mol. The van der Waals surface area contributed by atoms with E-state index in [1.807, 2.05) is 11.9 Å². The number of rotatable bonds is 4. The summed E-state index contributed by atoms with van der Waals surface area (Å²) in [6, 6.07) is 0.219. The van der Waals surface area contributed by atoms with Crippen molar-refractivity contribution in [3.8, 4) is 0 Å². The van der Waals surface area contributed by atoms with E-state index in [4.69, 9.17) is 10.5 Å². The van der Waals surface area contributed by atoms with E-state index >= 15 is 0 Å². The van der Waals surface area contributed by atoms with Crippen LogP contribution >= 0.6 is 12.4 Å². The molecular weight excluding hydrogens is 276 g/mol. The highest BCUT2D eigenvalue weighted by molar-refractivity contribution is 5.85. The van der Waals surface area contributed by atoms with Gasteiger partial charge in [-0.3, -0.25) is 4.79 Å². The minimum atomic E-state index is 0. The van der Waals surface area contributed by atoms with E-state index < -0.39 is 0 Å². The maximum Gasteiger partial charge on any atom is 0.222 e. The molecule has 1 saturated heterocycles. The lowest BCUT2D eigenvalue weighted by Crippen LogP contribution is -2.41. The second-order valence-corrected chi connectivity index (χ2v) is 6.18. The van der Waals surface area contributed by atoms with Crippen LogP contribution in [0.4, 0.5) is 0 Å². The predicted molar refractivity (Wildman–Crippen MR) is 83.0 cm³/mol. The lowest BCUT2D eigenvalue weighted by atomic mass is 9.83. The van der Waals surface area contributed by atoms with E-state index in [-0.39, 0.29) is 30.5 Å². The van der Waals surface area contributed by atoms with E-state index in [2.05, 4.69) is 0 Å². The Morgan fingerprint density at radius 1 is 1.20 bits per heavy atom. The predicted octanol–water partition coefficient (Wildman–Crippen LogP) is 2.34. The summed E-state index contributed by atoms with van der Waals surface area (Å²) in [4.78, 5) is 14.1. The number of likely N-dealkylation sites (N-methyl/N-ethyl adjacent to an activating group) is 1. The minimum absolute atomic E-state index is 0. The molecule has 1 heterocycles. The van der Waals surface area contributed by atoms with Crippen molar-refractivity contribution in [2.75, 3.05) is 20.2 Å². The standard InChI is InChI=1S/C15H28N2O2.ClH/c1-17(11-13-7-4-5-9-19-13)15(18)10-12-6-2-3-8-14(12)16;/h12-14H,2-11,16H2,1H3;1H. The first-order valence-electron chi connectivity index (χ1n) is 7.78. The molecule has 1 aliphatic carbocycles. The van der Waals surface area contributed by atoms with Crippen molar-refractivity contribution >= 4 is 18.3 Å². The highest BCUT2D eigenvalue weighted by Gasteiger charge is 2.26. The third-order valence-corrected chi connectivity index (χ3v) is 4.58. The number of nitrogens with two attached hydrogens (primary N) is 1. The maximum atomic E-state index is 12.2. The Labute approximate surface area is 128 Å². The highest BCUT2D eigenvalue weighted by atomic mass is 35.5. The zero-order valence-corrected chi connectivity index (χ0v) is 13.4. The number of carbonyl (C=O) groups is 1. The molecule has 118 valence electrons. The molecule has 4 nitrogen and oxygen atoms in total. The van der Waals surface area contributed by atoms with Crippen LogP contribution in [0.2, 0.25) is 0 Å². The molecule has 0 radical (unpaired) electrons. The van der Waals surface area contributed by atoms with Crippen LogP contribution in [-0.2, 0) is 9.53 Å². The molecule has 1 saturated carbocycles. The second kappa shape index (κ2) is 8.85. The van der Waals surface area contributed by atoms with Crippen molar-refractivity contribution in [3.05, 3.63) is 0 Å². The maximum absolute atomic E-state index is 12.2. The van der Waals surface area contributed by atoms with Crippen LogP contribution in [0.5, 0.6) is 0 Å². The van der Waals surface area contributed by atoms with Crippen molar-refractivity contribution in [3.63, 3.8) is 0 Å². The molecule has 0 bridgehead atoms. The molecule has 0 aromatic rings. The smallest absolute Gasteiger partial charge is 0.222 e. The molecule has 0 aromatic carbocycles. The first-order valence-corrected chi connectivity index (χ1v) is 7.78. The molecule has 3 unspecified atom stereocenters. The Balaban J connectivity index is 0.00000200. The Kier molecular flexibility index (Phi) is 7.85. The van der Waals surface area contributed by atoms with E-state index in [0.29, 0.717) is 12.3 Å². The fourth-order valence-corrected chi connectivity index (χ4v) is 3.23. The molecule has 0 aromatic heterocycles. The van der Waals surface area contributed by atoms with Crippen molar-refractivity contribution in [1.29, 1.82) is 0 Å². The summed E-state index contributed by atoms with van der Waals surface area (Å²) in [6.45, 7) is 1.58. The molecule has 20 heavy (non-hydrogen) atoms. The topological polar surface area (TPSA) is 55.6 Å². The van der Waals surface area contributed by atoms with Crippen LogP contribution in [0.25, 0.3) is 0 Å². The van der Waals surface area contributed by atoms with Crippen LogP contribution in [0.15, 0.2) is 0 Å². The second-order valence-electron chi connectivity index (χ2n) is 6.18. The van der Waals surface area contributed by atoms with Gasteiger partial charge in [0.2, 0.25) is 5.91 Å². The summed E-state index contributed by atoms with van der Waals surface area (Å²) in [5, 5.41) is 0. The average molecular weight is 305 g/mol. The quantitative estimate of drug-likeness (QED) is 0.867. The van der Waals surface area contributed by atoms with Gasteiger partial charge in [0.1, 0.15) is 0 Å². The van der Waals surface area contributed by atoms with E-state index in [1.54, 1.807) is 0 Å². The average Bonchev–Trinajstić information content (AvgIpc) is 2.42. The normalized spacial score (nSPS) is 30.4. The van der Waals surface area contributed by atoms with Gasteiger partial charge in [-0.25, -0.2) is 0 Å². The Bertz CT molecular complexity index is 296. The third-order valence-electron chi connectivity index (χ3n) is 4.58. The number of carbonyl (C=O) groups excluding carboxylic acids is 1. The van der Waals surface area contributed by atoms with Gasteiger partial charge >= 0.3 is 0 Å². The van der Waals surface area contributed by atoms with Crippen LogP contribution in [0.1, 0.15) is 51.4 Å². The van der Waals surface area contributed by atoms with E-state index in [1.165, 1.54) is 19.3 Å². The van der Waals surface area contributed by atoms with Crippen molar-refractivity contribution in [2.45, 2.75) is 63.5 Å². The summed E-state index contributed by atoms with van der Waals surface area (Å²) < 4.78 is 5.69. The van der Waals surface area contributed by atoms with Gasteiger partial charge in [-0.05, 0) is 38.0 Å². The van der Waals surface area contributed by atoms with Gasteiger partial charge in [0.25, 0.3) is 0 Å². The molecular formula is C15H29ClN2O2. The van der Waals surface area contributed by atoms with Crippen LogP contribution in [0, 0.1) is 5.92 Å². The first-order chi connectivity index (χ1) is 9.16. The van der Waals surface area contributed by atoms with Gasteiger partial charge in [0.05, 0.1) is 6.10 Å². The zero-order valence-electron chi connectivity index (χ0n) is 12.6. The van der Waals surface area contributed by atoms with E-state index in [9.17, 15) is 4.79 Å². The molecule has 3 atom stereocenters. The van der Waals surface area contributed by atoms with E-state index in [0.717, 1.165) is 38.8 Å². The number of hydrogen-bond acceptors (Lipinski definition) is 3. The number of hydrogen-bond donors (Lipinski definition) is 1. The molecule has 2 N–H and O–H groups in total.